The number of anilines is 2. The monoisotopic (exact) mass is 577 g/mol. The van der Waals surface area contributed by atoms with Crippen LogP contribution >= 0.6 is 0 Å². The number of benzene rings is 1. The summed E-state index contributed by atoms with van der Waals surface area (Å²) in [6.45, 7) is 0.631. The fourth-order valence-corrected chi connectivity index (χ4v) is 7.38. The molecule has 0 saturated heterocycles. The number of halogens is 3. The maximum Gasteiger partial charge on any atom is 0.573 e. The molecule has 0 radical (unpaired) electrons. The van der Waals surface area contributed by atoms with E-state index in [1.807, 2.05) is 0 Å². The van der Waals surface area contributed by atoms with E-state index in [9.17, 15) is 23.2 Å². The van der Waals surface area contributed by atoms with Crippen molar-refractivity contribution >= 4 is 17.7 Å². The van der Waals surface area contributed by atoms with Crippen molar-refractivity contribution in [1.29, 1.82) is 5.26 Å². The van der Waals surface area contributed by atoms with E-state index in [2.05, 4.69) is 41.7 Å². The Kier molecular flexibility index (Phi) is 7.35. The van der Waals surface area contributed by atoms with Crippen LogP contribution in [-0.2, 0) is 6.54 Å². The van der Waals surface area contributed by atoms with Gasteiger partial charge in [-0.05, 0) is 73.5 Å². The molecule has 3 N–H and O–H groups in total. The van der Waals surface area contributed by atoms with Gasteiger partial charge in [0.25, 0.3) is 5.91 Å². The van der Waals surface area contributed by atoms with Crippen molar-refractivity contribution in [2.45, 2.75) is 51.1 Å². The SMILES string of the molecule is N#Cc1cnc(NCc2ccccc2OC(F)(F)F)nc1NC[C@]12CC3C[C@H](C1)[C@H](NC(=O)c1cccnc1)[C@@H](C3)C2. The van der Waals surface area contributed by atoms with E-state index in [0.717, 1.165) is 32.1 Å². The molecule has 7 rings (SSSR count). The number of nitriles is 1. The summed E-state index contributed by atoms with van der Waals surface area (Å²) < 4.78 is 42.5. The first-order chi connectivity index (χ1) is 20.2. The van der Waals surface area contributed by atoms with Crippen LogP contribution in [0.1, 0.15) is 53.6 Å². The third-order valence-corrected chi connectivity index (χ3v) is 8.80. The maximum atomic E-state index is 12.9. The van der Waals surface area contributed by atoms with Crippen LogP contribution in [-0.4, -0.2) is 39.8 Å². The number of hydrogen-bond acceptors (Lipinski definition) is 8. The predicted octanol–water partition coefficient (Wildman–Crippen LogP) is 5.29. The Morgan fingerprint density at radius 3 is 2.57 bits per heavy atom. The number of para-hydroxylation sites is 1. The number of nitrogens with one attached hydrogen (secondary N) is 3. The normalized spacial score (nSPS) is 25.9. The number of pyridine rings is 1. The number of hydrogen-bond donors (Lipinski definition) is 3. The molecule has 4 aliphatic rings. The average molecular weight is 578 g/mol. The zero-order valence-electron chi connectivity index (χ0n) is 22.7. The first kappa shape index (κ1) is 27.8. The largest absolute Gasteiger partial charge is 0.573 e. The van der Waals surface area contributed by atoms with Crippen molar-refractivity contribution in [2.24, 2.45) is 23.2 Å². The molecule has 2 heterocycles. The van der Waals surface area contributed by atoms with Gasteiger partial charge in [-0.3, -0.25) is 9.78 Å². The molecule has 1 aromatic carbocycles. The Morgan fingerprint density at radius 1 is 1.07 bits per heavy atom. The Bertz CT molecular complexity index is 1480. The molecule has 3 aromatic rings. The summed E-state index contributed by atoms with van der Waals surface area (Å²) in [5, 5.41) is 19.3. The third-order valence-electron chi connectivity index (χ3n) is 8.80. The highest BCUT2D eigenvalue weighted by Crippen LogP contribution is 2.60. The highest BCUT2D eigenvalue weighted by molar-refractivity contribution is 5.94. The second kappa shape index (κ2) is 11.1. The lowest BCUT2D eigenvalue weighted by Gasteiger charge is -2.60. The van der Waals surface area contributed by atoms with Crippen LogP contribution in [0.2, 0.25) is 0 Å². The summed E-state index contributed by atoms with van der Waals surface area (Å²) >= 11 is 0. The van der Waals surface area contributed by atoms with Crippen LogP contribution < -0.4 is 20.7 Å². The molecule has 4 fully saturated rings. The van der Waals surface area contributed by atoms with E-state index >= 15 is 0 Å². The van der Waals surface area contributed by atoms with Gasteiger partial charge in [0.1, 0.15) is 23.2 Å². The highest BCUT2D eigenvalue weighted by atomic mass is 19.4. The van der Waals surface area contributed by atoms with Crippen molar-refractivity contribution in [3.05, 3.63) is 71.7 Å². The van der Waals surface area contributed by atoms with Crippen molar-refractivity contribution < 1.29 is 22.7 Å². The topological polar surface area (TPSA) is 125 Å². The first-order valence-corrected chi connectivity index (χ1v) is 14.0. The summed E-state index contributed by atoms with van der Waals surface area (Å²) in [4.78, 5) is 25.6. The second-order valence-corrected chi connectivity index (χ2v) is 11.6. The standard InChI is InChI=1S/C30H30F3N7O2/c31-30(32,33)42-24-6-2-1-4-19(24)15-36-28-37-16-23(13-34)26(40-28)38-17-29-10-18-8-21(11-29)25(22(9-18)12-29)39-27(41)20-5-3-7-35-14-20/h1-7,14,16,18,21-22,25H,8-12,15,17H2,(H,39,41)(H2,36,37,38,40)/t18?,21-,22+,25+,29-. The summed E-state index contributed by atoms with van der Waals surface area (Å²) in [6, 6.07) is 11.6. The zero-order valence-corrected chi connectivity index (χ0v) is 22.7. The summed E-state index contributed by atoms with van der Waals surface area (Å²) in [5.74, 6) is 1.55. The Labute approximate surface area is 240 Å². The van der Waals surface area contributed by atoms with Gasteiger partial charge in [0.05, 0.1) is 11.8 Å². The van der Waals surface area contributed by atoms with E-state index in [4.69, 9.17) is 0 Å². The van der Waals surface area contributed by atoms with Gasteiger partial charge in [0.15, 0.2) is 0 Å². The lowest BCUT2D eigenvalue weighted by Crippen LogP contribution is -2.60. The quantitative estimate of drug-likeness (QED) is 0.313. The molecule has 42 heavy (non-hydrogen) atoms. The Balaban J connectivity index is 1.12. The van der Waals surface area contributed by atoms with E-state index in [1.54, 1.807) is 30.6 Å². The number of carbonyl (C=O) groups is 1. The molecule has 4 saturated carbocycles. The molecule has 218 valence electrons. The van der Waals surface area contributed by atoms with E-state index in [0.29, 0.717) is 35.7 Å². The molecule has 1 unspecified atom stereocenters. The number of amides is 1. The van der Waals surface area contributed by atoms with Gasteiger partial charge in [-0.15, -0.1) is 13.2 Å². The highest BCUT2D eigenvalue weighted by Gasteiger charge is 2.55. The molecule has 4 bridgehead atoms. The minimum Gasteiger partial charge on any atom is -0.405 e. The molecule has 0 spiro atoms. The van der Waals surface area contributed by atoms with Crippen LogP contribution in [0.15, 0.2) is 55.0 Å². The molecule has 2 aromatic heterocycles. The van der Waals surface area contributed by atoms with Gasteiger partial charge < -0.3 is 20.7 Å². The number of rotatable bonds is 9. The van der Waals surface area contributed by atoms with Crippen molar-refractivity contribution in [3.63, 3.8) is 0 Å². The van der Waals surface area contributed by atoms with Crippen LogP contribution in [0.3, 0.4) is 0 Å². The Hall–Kier alpha value is -4.40. The van der Waals surface area contributed by atoms with Gasteiger partial charge in [-0.2, -0.15) is 10.2 Å². The van der Waals surface area contributed by atoms with Gasteiger partial charge in [0.2, 0.25) is 5.95 Å². The minimum atomic E-state index is -4.81. The lowest BCUT2D eigenvalue weighted by molar-refractivity contribution is -0.274. The third kappa shape index (κ3) is 5.95. The number of aromatic nitrogens is 3. The number of nitrogens with zero attached hydrogens (tertiary/aromatic N) is 4. The average Bonchev–Trinajstić information content (AvgIpc) is 2.97. The summed E-state index contributed by atoms with van der Waals surface area (Å²) in [5.41, 5.74) is 1.17. The zero-order chi connectivity index (χ0) is 29.3. The predicted molar refractivity (Wildman–Crippen MR) is 147 cm³/mol. The second-order valence-electron chi connectivity index (χ2n) is 11.6. The molecule has 1 amide bonds. The molecular formula is C30H30F3N7O2. The van der Waals surface area contributed by atoms with Gasteiger partial charge >= 0.3 is 6.36 Å². The molecule has 9 nitrogen and oxygen atoms in total. The molecular weight excluding hydrogens is 547 g/mol. The Morgan fingerprint density at radius 2 is 1.86 bits per heavy atom. The molecule has 12 heteroatoms. The first-order valence-electron chi connectivity index (χ1n) is 14.0. The lowest BCUT2D eigenvalue weighted by atomic mass is 9.48. The molecule has 0 aliphatic heterocycles. The van der Waals surface area contributed by atoms with Crippen molar-refractivity contribution in [1.82, 2.24) is 20.3 Å². The van der Waals surface area contributed by atoms with Gasteiger partial charge in [-0.25, -0.2) is 4.98 Å². The minimum absolute atomic E-state index is 0.00127. The van der Waals surface area contributed by atoms with Crippen molar-refractivity contribution in [3.8, 4) is 11.8 Å². The van der Waals surface area contributed by atoms with Crippen molar-refractivity contribution in [2.75, 3.05) is 17.2 Å². The molecule has 5 atom stereocenters. The van der Waals surface area contributed by atoms with Gasteiger partial charge in [0, 0.05) is 37.1 Å². The number of carbonyl (C=O) groups excluding carboxylic acids is 1. The maximum absolute atomic E-state index is 12.9. The van der Waals surface area contributed by atoms with Crippen LogP contribution in [0.25, 0.3) is 0 Å². The summed E-state index contributed by atoms with van der Waals surface area (Å²) in [7, 11) is 0. The van der Waals surface area contributed by atoms with Crippen LogP contribution in [0.4, 0.5) is 24.9 Å². The van der Waals surface area contributed by atoms with Crippen LogP contribution in [0, 0.1) is 34.5 Å². The van der Waals surface area contributed by atoms with E-state index in [-0.39, 0.29) is 46.7 Å². The van der Waals surface area contributed by atoms with E-state index in [1.165, 1.54) is 24.4 Å². The fraction of sp³-hybridized carbons (Fsp3) is 0.433. The van der Waals surface area contributed by atoms with E-state index < -0.39 is 6.36 Å². The molecule has 4 aliphatic carbocycles. The smallest absolute Gasteiger partial charge is 0.405 e. The van der Waals surface area contributed by atoms with Gasteiger partial charge in [-0.1, -0.05) is 18.2 Å². The van der Waals surface area contributed by atoms with Crippen LogP contribution in [0.5, 0.6) is 5.75 Å². The fourth-order valence-electron chi connectivity index (χ4n) is 7.38. The number of ether oxygens (including phenoxy) is 1. The number of alkyl halides is 3. The summed E-state index contributed by atoms with van der Waals surface area (Å²) in [6.07, 6.45) is 5.06.